The summed E-state index contributed by atoms with van der Waals surface area (Å²) in [6, 6.07) is 10.6. The minimum absolute atomic E-state index is 0.778. The molecule has 3 aromatic rings. The van der Waals surface area contributed by atoms with Gasteiger partial charge in [0.05, 0.1) is 18.5 Å². The molecule has 2 aromatic heterocycles. The normalized spacial score (nSPS) is 17.9. The summed E-state index contributed by atoms with van der Waals surface area (Å²) < 4.78 is 5.63. The Morgan fingerprint density at radius 1 is 1.07 bits per heavy atom. The molecule has 30 heavy (non-hydrogen) atoms. The molecule has 0 atom stereocenters. The van der Waals surface area contributed by atoms with Gasteiger partial charge in [0, 0.05) is 24.4 Å². The SMILES string of the molecule is CC1=c2ccccc2=CC(=Nc2ncnc3c2CN(Cc2occc2C)C3)CCC1. The van der Waals surface area contributed by atoms with E-state index in [1.807, 2.05) is 6.07 Å². The van der Waals surface area contributed by atoms with E-state index in [1.54, 1.807) is 12.6 Å². The molecule has 2 aliphatic rings. The number of nitrogens with zero attached hydrogens (tertiary/aromatic N) is 4. The predicted molar refractivity (Wildman–Crippen MR) is 119 cm³/mol. The van der Waals surface area contributed by atoms with Crippen LogP contribution in [0.2, 0.25) is 0 Å². The quantitative estimate of drug-likeness (QED) is 0.673. The van der Waals surface area contributed by atoms with Crippen molar-refractivity contribution in [1.29, 1.82) is 0 Å². The fraction of sp³-hybridized carbons (Fsp3) is 0.320. The molecular weight excluding hydrogens is 372 g/mol. The molecule has 1 aliphatic carbocycles. The maximum Gasteiger partial charge on any atom is 0.160 e. The summed E-state index contributed by atoms with van der Waals surface area (Å²) in [4.78, 5) is 16.4. The van der Waals surface area contributed by atoms with Crippen molar-refractivity contribution in [3.63, 3.8) is 0 Å². The Morgan fingerprint density at radius 3 is 2.83 bits per heavy atom. The van der Waals surface area contributed by atoms with E-state index < -0.39 is 0 Å². The van der Waals surface area contributed by atoms with Crippen LogP contribution in [0.15, 0.2) is 52.3 Å². The van der Waals surface area contributed by atoms with Crippen LogP contribution in [0.5, 0.6) is 0 Å². The van der Waals surface area contributed by atoms with Gasteiger partial charge in [0.15, 0.2) is 5.82 Å². The molecule has 5 rings (SSSR count). The summed E-state index contributed by atoms with van der Waals surface area (Å²) in [5.74, 6) is 1.82. The van der Waals surface area contributed by atoms with Crippen molar-refractivity contribution in [3.05, 3.63) is 75.9 Å². The molecule has 1 aliphatic heterocycles. The van der Waals surface area contributed by atoms with Crippen molar-refractivity contribution in [2.75, 3.05) is 0 Å². The highest BCUT2D eigenvalue weighted by atomic mass is 16.3. The minimum Gasteiger partial charge on any atom is -0.468 e. The molecule has 0 unspecified atom stereocenters. The van der Waals surface area contributed by atoms with Crippen LogP contribution in [0.3, 0.4) is 0 Å². The van der Waals surface area contributed by atoms with E-state index in [9.17, 15) is 0 Å². The van der Waals surface area contributed by atoms with Gasteiger partial charge in [0.2, 0.25) is 0 Å². The Morgan fingerprint density at radius 2 is 1.97 bits per heavy atom. The maximum absolute atomic E-state index is 5.63. The summed E-state index contributed by atoms with van der Waals surface area (Å²) in [6.45, 7) is 6.70. The molecule has 0 radical (unpaired) electrons. The van der Waals surface area contributed by atoms with Crippen molar-refractivity contribution in [2.45, 2.75) is 52.7 Å². The molecule has 3 heterocycles. The second kappa shape index (κ2) is 8.00. The van der Waals surface area contributed by atoms with Crippen LogP contribution < -0.4 is 10.4 Å². The lowest BCUT2D eigenvalue weighted by Gasteiger charge is -2.13. The van der Waals surface area contributed by atoms with Crippen molar-refractivity contribution < 1.29 is 4.42 Å². The Balaban J connectivity index is 1.48. The number of aryl methyl sites for hydroxylation is 1. The first-order valence-corrected chi connectivity index (χ1v) is 10.6. The molecular formula is C25H26N4O. The van der Waals surface area contributed by atoms with E-state index in [0.717, 1.165) is 67.4 Å². The highest BCUT2D eigenvalue weighted by Crippen LogP contribution is 2.30. The predicted octanol–water partition coefficient (Wildman–Crippen LogP) is 3.80. The van der Waals surface area contributed by atoms with E-state index >= 15 is 0 Å². The van der Waals surface area contributed by atoms with Crippen LogP contribution in [-0.4, -0.2) is 20.6 Å². The fourth-order valence-electron chi connectivity index (χ4n) is 4.36. The highest BCUT2D eigenvalue weighted by molar-refractivity contribution is 6.11. The third-order valence-corrected chi connectivity index (χ3v) is 6.08. The lowest BCUT2D eigenvalue weighted by Crippen LogP contribution is -2.28. The van der Waals surface area contributed by atoms with Crippen LogP contribution in [0.1, 0.15) is 48.8 Å². The van der Waals surface area contributed by atoms with Gasteiger partial charge in [-0.3, -0.25) is 4.90 Å². The third kappa shape index (κ3) is 3.73. The lowest BCUT2D eigenvalue weighted by atomic mass is 10.00. The van der Waals surface area contributed by atoms with Gasteiger partial charge < -0.3 is 4.42 Å². The van der Waals surface area contributed by atoms with Crippen LogP contribution in [0, 0.1) is 6.92 Å². The van der Waals surface area contributed by atoms with Crippen LogP contribution in [0.4, 0.5) is 5.82 Å². The number of rotatable bonds is 3. The van der Waals surface area contributed by atoms with E-state index in [1.165, 1.54) is 21.6 Å². The van der Waals surface area contributed by atoms with Gasteiger partial charge in [-0.15, -0.1) is 0 Å². The number of furan rings is 1. The van der Waals surface area contributed by atoms with Crippen molar-refractivity contribution in [2.24, 2.45) is 4.99 Å². The number of fused-ring (bicyclic) bond motifs is 2. The number of aromatic nitrogens is 2. The molecule has 0 amide bonds. The molecule has 0 saturated heterocycles. The van der Waals surface area contributed by atoms with Gasteiger partial charge in [-0.1, -0.05) is 29.8 Å². The first-order chi connectivity index (χ1) is 14.7. The van der Waals surface area contributed by atoms with Gasteiger partial charge in [-0.2, -0.15) is 0 Å². The molecule has 0 N–H and O–H groups in total. The summed E-state index contributed by atoms with van der Waals surface area (Å²) in [7, 11) is 0. The second-order valence-corrected chi connectivity index (χ2v) is 8.26. The van der Waals surface area contributed by atoms with Crippen LogP contribution >= 0.6 is 0 Å². The van der Waals surface area contributed by atoms with Gasteiger partial charge in [-0.25, -0.2) is 15.0 Å². The van der Waals surface area contributed by atoms with Gasteiger partial charge in [0.25, 0.3) is 0 Å². The van der Waals surface area contributed by atoms with Crippen LogP contribution in [-0.2, 0) is 19.6 Å². The Hall–Kier alpha value is -3.05. The Bertz CT molecular complexity index is 1240. The largest absolute Gasteiger partial charge is 0.468 e. The van der Waals surface area contributed by atoms with E-state index in [2.05, 4.69) is 59.1 Å². The van der Waals surface area contributed by atoms with E-state index in [0.29, 0.717) is 0 Å². The molecule has 0 fully saturated rings. The van der Waals surface area contributed by atoms with Crippen molar-refractivity contribution >= 4 is 23.2 Å². The smallest absolute Gasteiger partial charge is 0.160 e. The Kier molecular flexibility index (Phi) is 5.05. The minimum atomic E-state index is 0.778. The molecule has 5 nitrogen and oxygen atoms in total. The van der Waals surface area contributed by atoms with Crippen molar-refractivity contribution in [1.82, 2.24) is 14.9 Å². The molecule has 0 spiro atoms. The fourth-order valence-corrected chi connectivity index (χ4v) is 4.36. The third-order valence-electron chi connectivity index (χ3n) is 6.08. The van der Waals surface area contributed by atoms with E-state index in [4.69, 9.17) is 9.41 Å². The van der Waals surface area contributed by atoms with Gasteiger partial charge >= 0.3 is 0 Å². The number of hydrogen-bond acceptors (Lipinski definition) is 5. The van der Waals surface area contributed by atoms with E-state index in [-0.39, 0.29) is 0 Å². The summed E-state index contributed by atoms with van der Waals surface area (Å²) in [5.41, 5.74) is 5.95. The molecule has 1 aromatic carbocycles. The summed E-state index contributed by atoms with van der Waals surface area (Å²) >= 11 is 0. The maximum atomic E-state index is 5.63. The first-order valence-electron chi connectivity index (χ1n) is 10.6. The molecule has 5 heteroatoms. The molecule has 0 bridgehead atoms. The number of hydrogen-bond donors (Lipinski definition) is 0. The first kappa shape index (κ1) is 18.9. The highest BCUT2D eigenvalue weighted by Gasteiger charge is 2.25. The average molecular weight is 399 g/mol. The number of aliphatic imine (C=N–C) groups is 1. The zero-order valence-electron chi connectivity index (χ0n) is 17.6. The summed E-state index contributed by atoms with van der Waals surface area (Å²) in [6.07, 6.45) is 8.79. The zero-order valence-corrected chi connectivity index (χ0v) is 17.6. The number of benzene rings is 1. The zero-order chi connectivity index (χ0) is 20.5. The van der Waals surface area contributed by atoms with Gasteiger partial charge in [-0.05, 0) is 61.3 Å². The topological polar surface area (TPSA) is 54.5 Å². The average Bonchev–Trinajstić information content (AvgIpc) is 3.33. The van der Waals surface area contributed by atoms with Crippen LogP contribution in [0.25, 0.3) is 11.6 Å². The summed E-state index contributed by atoms with van der Waals surface area (Å²) in [5, 5.41) is 2.58. The monoisotopic (exact) mass is 398 g/mol. The van der Waals surface area contributed by atoms with Gasteiger partial charge in [0.1, 0.15) is 12.1 Å². The molecule has 152 valence electrons. The second-order valence-electron chi connectivity index (χ2n) is 8.26. The van der Waals surface area contributed by atoms with Crippen molar-refractivity contribution in [3.8, 4) is 0 Å². The Labute approximate surface area is 176 Å². The molecule has 0 saturated carbocycles. The standard InChI is InChI=1S/C25H26N4O/c1-17-6-5-8-20(12-19-7-3-4-9-21(17)19)28-25-22-13-29(14-23(22)26-16-27-25)15-24-18(2)10-11-30-24/h3-4,7,9-12,16H,5-6,8,13-15H2,1-2H3. The lowest BCUT2D eigenvalue weighted by molar-refractivity contribution is 0.248.